The van der Waals surface area contributed by atoms with E-state index in [1.165, 1.54) is 0 Å². The van der Waals surface area contributed by atoms with Crippen LogP contribution in [0.4, 0.5) is 0 Å². The summed E-state index contributed by atoms with van der Waals surface area (Å²) in [6, 6.07) is 1.03. The van der Waals surface area contributed by atoms with Crippen LogP contribution in [-0.4, -0.2) is 9.13 Å². The van der Waals surface area contributed by atoms with E-state index in [1.54, 1.807) is 0 Å². The van der Waals surface area contributed by atoms with Gasteiger partial charge in [-0.15, -0.1) is 0 Å². The lowest BCUT2D eigenvalue weighted by atomic mass is 10.4. The van der Waals surface area contributed by atoms with Crippen LogP contribution in [0.25, 0.3) is 0 Å². The van der Waals surface area contributed by atoms with Crippen LogP contribution in [0.3, 0.4) is 0 Å². The van der Waals surface area contributed by atoms with Gasteiger partial charge in [0.1, 0.15) is 24.8 Å². The number of hydrogen-bond donors (Lipinski definition) is 0. The standard InChI is InChI=1S/C13H22N4/c1-12(2)16-7-5-14(10-16)9-15-6-8-17(11-15)13(3)4/h5-8,10-13H,9H2,1-4H3/q+2. The minimum atomic E-state index is 0.515. The molecule has 0 aliphatic rings. The molecule has 0 N–H and O–H groups in total. The molecule has 0 bridgehead atoms. The second-order valence-corrected chi connectivity index (χ2v) is 5.08. The second-order valence-electron chi connectivity index (χ2n) is 5.08. The van der Waals surface area contributed by atoms with Gasteiger partial charge in [0.15, 0.2) is 0 Å². The first-order valence-corrected chi connectivity index (χ1v) is 6.19. The fourth-order valence-corrected chi connectivity index (χ4v) is 1.79. The molecule has 0 saturated carbocycles. The zero-order chi connectivity index (χ0) is 12.4. The lowest BCUT2D eigenvalue weighted by Gasteiger charge is -1.98. The van der Waals surface area contributed by atoms with Crippen LogP contribution in [0, 0.1) is 0 Å². The molecule has 2 heterocycles. The van der Waals surface area contributed by atoms with Gasteiger partial charge in [0.25, 0.3) is 0 Å². The Balaban J connectivity index is 2.08. The highest BCUT2D eigenvalue weighted by molar-refractivity contribution is 4.72. The molecule has 0 fully saturated rings. The fourth-order valence-electron chi connectivity index (χ4n) is 1.79. The maximum Gasteiger partial charge on any atom is 0.247 e. The van der Waals surface area contributed by atoms with E-state index in [2.05, 4.69) is 83.4 Å². The zero-order valence-corrected chi connectivity index (χ0v) is 11.1. The molecule has 0 atom stereocenters. The molecule has 2 aromatic heterocycles. The van der Waals surface area contributed by atoms with Gasteiger partial charge in [-0.2, -0.15) is 9.13 Å². The average Bonchev–Trinajstić information content (AvgIpc) is 2.87. The smallest absolute Gasteiger partial charge is 0.235 e. The molecular formula is C13H22N4+2. The minimum absolute atomic E-state index is 0.515. The third-order valence-electron chi connectivity index (χ3n) is 2.94. The van der Waals surface area contributed by atoms with Crippen molar-refractivity contribution in [2.24, 2.45) is 0 Å². The topological polar surface area (TPSA) is 17.6 Å². The Morgan fingerprint density at radius 3 is 1.53 bits per heavy atom. The molecule has 0 unspecified atom stereocenters. The van der Waals surface area contributed by atoms with E-state index >= 15 is 0 Å². The Labute approximate surface area is 103 Å². The van der Waals surface area contributed by atoms with E-state index in [9.17, 15) is 0 Å². The Morgan fingerprint density at radius 2 is 1.24 bits per heavy atom. The molecule has 2 rings (SSSR count). The highest BCUT2D eigenvalue weighted by Crippen LogP contribution is 1.96. The van der Waals surface area contributed by atoms with Crippen LogP contribution < -0.4 is 9.13 Å². The SMILES string of the molecule is CC(C)[n+]1ccn(Cn2cc[n+](C(C)C)c2)c1. The summed E-state index contributed by atoms with van der Waals surface area (Å²) in [5.74, 6) is 0. The molecule has 0 aromatic carbocycles. The maximum atomic E-state index is 2.21. The lowest BCUT2D eigenvalue weighted by molar-refractivity contribution is -0.716. The number of hydrogen-bond acceptors (Lipinski definition) is 0. The van der Waals surface area contributed by atoms with Gasteiger partial charge in [-0.25, -0.2) is 9.13 Å². The number of imidazole rings is 2. The third-order valence-corrected chi connectivity index (χ3v) is 2.94. The first-order chi connectivity index (χ1) is 8.06. The van der Waals surface area contributed by atoms with Gasteiger partial charge in [-0.05, 0) is 27.7 Å². The molecule has 92 valence electrons. The fraction of sp³-hybridized carbons (Fsp3) is 0.538. The summed E-state index contributed by atoms with van der Waals surface area (Å²) in [6.45, 7) is 9.61. The van der Waals surface area contributed by atoms with Crippen molar-refractivity contribution in [3.05, 3.63) is 37.4 Å². The molecule has 0 aliphatic carbocycles. The molecule has 4 nitrogen and oxygen atoms in total. The Hall–Kier alpha value is -1.58. The Bertz CT molecular complexity index is 435. The Morgan fingerprint density at radius 1 is 0.824 bits per heavy atom. The maximum absolute atomic E-state index is 2.21. The lowest BCUT2D eigenvalue weighted by Crippen LogP contribution is -2.34. The van der Waals surface area contributed by atoms with Crippen molar-refractivity contribution in [2.75, 3.05) is 0 Å². The number of aromatic nitrogens is 4. The van der Waals surface area contributed by atoms with E-state index in [-0.39, 0.29) is 0 Å². The average molecular weight is 234 g/mol. The van der Waals surface area contributed by atoms with Gasteiger partial charge < -0.3 is 0 Å². The molecule has 0 radical (unpaired) electrons. The van der Waals surface area contributed by atoms with Gasteiger partial charge in [0, 0.05) is 0 Å². The molecule has 2 aromatic rings. The normalized spacial score (nSPS) is 11.6. The van der Waals surface area contributed by atoms with Gasteiger partial charge in [-0.1, -0.05) is 0 Å². The predicted molar refractivity (Wildman–Crippen MR) is 65.4 cm³/mol. The summed E-state index contributed by atoms with van der Waals surface area (Å²) in [7, 11) is 0. The monoisotopic (exact) mass is 234 g/mol. The van der Waals surface area contributed by atoms with Crippen LogP contribution in [-0.2, 0) is 6.67 Å². The van der Waals surface area contributed by atoms with Crippen LogP contribution in [0.2, 0.25) is 0 Å². The van der Waals surface area contributed by atoms with Crippen LogP contribution in [0.1, 0.15) is 39.8 Å². The quantitative estimate of drug-likeness (QED) is 0.714. The third kappa shape index (κ3) is 2.75. The minimum Gasteiger partial charge on any atom is -0.235 e. The molecule has 0 spiro atoms. The van der Waals surface area contributed by atoms with Gasteiger partial charge in [0.05, 0.1) is 12.1 Å². The molecule has 17 heavy (non-hydrogen) atoms. The zero-order valence-electron chi connectivity index (χ0n) is 11.1. The van der Waals surface area contributed by atoms with Crippen LogP contribution >= 0.6 is 0 Å². The van der Waals surface area contributed by atoms with E-state index < -0.39 is 0 Å². The van der Waals surface area contributed by atoms with Crippen molar-refractivity contribution in [2.45, 2.75) is 46.4 Å². The first-order valence-electron chi connectivity index (χ1n) is 6.19. The largest absolute Gasteiger partial charge is 0.247 e. The summed E-state index contributed by atoms with van der Waals surface area (Å²) < 4.78 is 8.79. The predicted octanol–water partition coefficient (Wildman–Crippen LogP) is 1.53. The summed E-state index contributed by atoms with van der Waals surface area (Å²) in [4.78, 5) is 0. The van der Waals surface area contributed by atoms with Crippen LogP contribution in [0.15, 0.2) is 37.4 Å². The number of rotatable bonds is 4. The van der Waals surface area contributed by atoms with Crippen molar-refractivity contribution >= 4 is 0 Å². The summed E-state index contributed by atoms with van der Waals surface area (Å²) in [5.41, 5.74) is 0. The van der Waals surface area contributed by atoms with E-state index in [4.69, 9.17) is 0 Å². The van der Waals surface area contributed by atoms with Crippen molar-refractivity contribution in [1.29, 1.82) is 0 Å². The molecule has 4 heteroatoms. The number of nitrogens with zero attached hydrogens (tertiary/aromatic N) is 4. The van der Waals surface area contributed by atoms with E-state index in [0.717, 1.165) is 6.67 Å². The van der Waals surface area contributed by atoms with E-state index in [1.807, 2.05) is 0 Å². The van der Waals surface area contributed by atoms with E-state index in [0.29, 0.717) is 12.1 Å². The summed E-state index contributed by atoms with van der Waals surface area (Å²) >= 11 is 0. The van der Waals surface area contributed by atoms with Gasteiger partial charge in [0.2, 0.25) is 19.3 Å². The van der Waals surface area contributed by atoms with Gasteiger partial charge in [-0.3, -0.25) is 0 Å². The molecule has 0 amide bonds. The highest BCUT2D eigenvalue weighted by Gasteiger charge is 2.11. The highest BCUT2D eigenvalue weighted by atomic mass is 15.2. The molecule has 0 saturated heterocycles. The van der Waals surface area contributed by atoms with Crippen LogP contribution in [0.5, 0.6) is 0 Å². The Kier molecular flexibility index (Phi) is 3.31. The molecule has 0 aliphatic heterocycles. The molecular weight excluding hydrogens is 212 g/mol. The van der Waals surface area contributed by atoms with Crippen molar-refractivity contribution in [3.63, 3.8) is 0 Å². The van der Waals surface area contributed by atoms with Crippen molar-refractivity contribution in [3.8, 4) is 0 Å². The second kappa shape index (κ2) is 4.73. The summed E-state index contributed by atoms with van der Waals surface area (Å²) in [5, 5.41) is 0. The van der Waals surface area contributed by atoms with Gasteiger partial charge >= 0.3 is 0 Å². The van der Waals surface area contributed by atoms with Crippen molar-refractivity contribution in [1.82, 2.24) is 9.13 Å². The first kappa shape index (κ1) is 11.9. The summed E-state index contributed by atoms with van der Waals surface area (Å²) in [6.07, 6.45) is 12.7. The van der Waals surface area contributed by atoms with Crippen molar-refractivity contribution < 1.29 is 9.13 Å².